The van der Waals surface area contributed by atoms with Crippen molar-refractivity contribution in [3.05, 3.63) is 35.4 Å². The quantitative estimate of drug-likeness (QED) is 0.717. The second kappa shape index (κ2) is 8.75. The van der Waals surface area contributed by atoms with Crippen molar-refractivity contribution in [3.63, 3.8) is 0 Å². The van der Waals surface area contributed by atoms with E-state index < -0.39 is 0 Å². The fraction of sp³-hybridized carbons (Fsp3) is 0.588. The predicted octanol–water partition coefficient (Wildman–Crippen LogP) is 3.06. The molecule has 112 valence electrons. The third-order valence-corrected chi connectivity index (χ3v) is 3.21. The lowest BCUT2D eigenvalue weighted by atomic mass is 10.00. The fourth-order valence-corrected chi connectivity index (χ4v) is 2.17. The second-order valence-corrected chi connectivity index (χ2v) is 5.81. The van der Waals surface area contributed by atoms with Crippen LogP contribution in [0, 0.1) is 5.92 Å². The summed E-state index contributed by atoms with van der Waals surface area (Å²) in [6, 6.07) is 8.60. The molecule has 0 bridgehead atoms. The largest absolute Gasteiger partial charge is 0.348 e. The molecule has 0 radical (unpaired) electrons. The molecule has 0 aliphatic rings. The van der Waals surface area contributed by atoms with E-state index in [4.69, 9.17) is 0 Å². The maximum atomic E-state index is 11.7. The van der Waals surface area contributed by atoms with Crippen molar-refractivity contribution in [1.82, 2.24) is 10.6 Å². The van der Waals surface area contributed by atoms with Crippen molar-refractivity contribution in [2.24, 2.45) is 5.92 Å². The van der Waals surface area contributed by atoms with Gasteiger partial charge in [-0.15, -0.1) is 0 Å². The Morgan fingerprint density at radius 2 is 1.80 bits per heavy atom. The standard InChI is InChI=1S/C17H28N2O/c1-5-10-18-12-17(20)19-14(4)16-8-6-15(7-9-16)11-13(2)3/h6-9,13-14,18H,5,10-12H2,1-4H3,(H,19,20). The molecule has 0 heterocycles. The van der Waals surface area contributed by atoms with Crippen molar-refractivity contribution >= 4 is 5.91 Å². The number of nitrogens with one attached hydrogen (secondary N) is 2. The van der Waals surface area contributed by atoms with E-state index in [2.05, 4.69) is 55.7 Å². The molecule has 0 aliphatic carbocycles. The molecule has 1 amide bonds. The van der Waals surface area contributed by atoms with Gasteiger partial charge in [-0.1, -0.05) is 45.0 Å². The first-order chi connectivity index (χ1) is 9.52. The van der Waals surface area contributed by atoms with E-state index in [-0.39, 0.29) is 11.9 Å². The molecule has 1 unspecified atom stereocenters. The van der Waals surface area contributed by atoms with E-state index in [1.54, 1.807) is 0 Å². The summed E-state index contributed by atoms with van der Waals surface area (Å²) >= 11 is 0. The highest BCUT2D eigenvalue weighted by Gasteiger charge is 2.09. The van der Waals surface area contributed by atoms with Gasteiger partial charge < -0.3 is 10.6 Å². The van der Waals surface area contributed by atoms with Crippen LogP contribution in [0.15, 0.2) is 24.3 Å². The average Bonchev–Trinajstić information content (AvgIpc) is 2.39. The Bertz CT molecular complexity index is 398. The fourth-order valence-electron chi connectivity index (χ4n) is 2.17. The molecule has 0 saturated carbocycles. The molecule has 1 rings (SSSR count). The highest BCUT2D eigenvalue weighted by molar-refractivity contribution is 5.78. The molecule has 0 aliphatic heterocycles. The summed E-state index contributed by atoms with van der Waals surface area (Å²) in [6.45, 7) is 9.83. The van der Waals surface area contributed by atoms with E-state index in [1.807, 2.05) is 6.92 Å². The molecule has 3 nitrogen and oxygen atoms in total. The lowest BCUT2D eigenvalue weighted by Gasteiger charge is -2.15. The molecule has 1 aromatic carbocycles. The molecule has 3 heteroatoms. The number of amides is 1. The molecular formula is C17H28N2O. The van der Waals surface area contributed by atoms with Crippen molar-refractivity contribution < 1.29 is 4.79 Å². The van der Waals surface area contributed by atoms with Crippen LogP contribution in [0.25, 0.3) is 0 Å². The number of hydrogen-bond donors (Lipinski definition) is 2. The van der Waals surface area contributed by atoms with E-state index in [1.165, 1.54) is 5.56 Å². The molecule has 1 atom stereocenters. The molecular weight excluding hydrogens is 248 g/mol. The Morgan fingerprint density at radius 1 is 1.15 bits per heavy atom. The zero-order chi connectivity index (χ0) is 15.0. The Morgan fingerprint density at radius 3 is 2.35 bits per heavy atom. The normalized spacial score (nSPS) is 12.4. The highest BCUT2D eigenvalue weighted by atomic mass is 16.1. The van der Waals surface area contributed by atoms with Crippen LogP contribution >= 0.6 is 0 Å². The van der Waals surface area contributed by atoms with Crippen molar-refractivity contribution in [2.45, 2.75) is 46.6 Å². The van der Waals surface area contributed by atoms with Crippen molar-refractivity contribution in [2.75, 3.05) is 13.1 Å². The Labute approximate surface area is 123 Å². The summed E-state index contributed by atoms with van der Waals surface area (Å²) in [7, 11) is 0. The number of carbonyl (C=O) groups excluding carboxylic acids is 1. The van der Waals surface area contributed by atoms with Gasteiger partial charge in [0.1, 0.15) is 0 Å². The van der Waals surface area contributed by atoms with Crippen LogP contribution in [-0.2, 0) is 11.2 Å². The Balaban J connectivity index is 2.46. The summed E-state index contributed by atoms with van der Waals surface area (Å²) in [5.74, 6) is 0.722. The van der Waals surface area contributed by atoms with Crippen molar-refractivity contribution in [3.8, 4) is 0 Å². The van der Waals surface area contributed by atoms with Gasteiger partial charge >= 0.3 is 0 Å². The van der Waals surface area contributed by atoms with Gasteiger partial charge in [0, 0.05) is 0 Å². The third-order valence-electron chi connectivity index (χ3n) is 3.21. The average molecular weight is 276 g/mol. The Kier molecular flexibility index (Phi) is 7.31. The highest BCUT2D eigenvalue weighted by Crippen LogP contribution is 2.15. The van der Waals surface area contributed by atoms with Gasteiger partial charge in [0.05, 0.1) is 12.6 Å². The van der Waals surface area contributed by atoms with Crippen LogP contribution in [0.4, 0.5) is 0 Å². The lowest BCUT2D eigenvalue weighted by Crippen LogP contribution is -2.35. The van der Waals surface area contributed by atoms with Gasteiger partial charge in [-0.05, 0) is 43.4 Å². The van der Waals surface area contributed by atoms with Crippen LogP contribution < -0.4 is 10.6 Å². The maximum Gasteiger partial charge on any atom is 0.234 e. The van der Waals surface area contributed by atoms with Gasteiger partial charge in [-0.2, -0.15) is 0 Å². The van der Waals surface area contributed by atoms with Gasteiger partial charge in [0.2, 0.25) is 5.91 Å². The van der Waals surface area contributed by atoms with Gasteiger partial charge in [0.25, 0.3) is 0 Å². The first kappa shape index (κ1) is 16.7. The molecule has 2 N–H and O–H groups in total. The van der Waals surface area contributed by atoms with Crippen LogP contribution in [-0.4, -0.2) is 19.0 Å². The summed E-state index contributed by atoms with van der Waals surface area (Å²) in [5.41, 5.74) is 2.51. The molecule has 0 fully saturated rings. The molecule has 0 spiro atoms. The predicted molar refractivity (Wildman–Crippen MR) is 84.7 cm³/mol. The van der Waals surface area contributed by atoms with E-state index in [9.17, 15) is 4.79 Å². The zero-order valence-corrected chi connectivity index (χ0v) is 13.2. The van der Waals surface area contributed by atoms with Crippen LogP contribution in [0.5, 0.6) is 0 Å². The van der Waals surface area contributed by atoms with Gasteiger partial charge in [-0.3, -0.25) is 4.79 Å². The minimum Gasteiger partial charge on any atom is -0.348 e. The molecule has 0 saturated heterocycles. The zero-order valence-electron chi connectivity index (χ0n) is 13.2. The first-order valence-corrected chi connectivity index (χ1v) is 7.61. The number of benzene rings is 1. The molecule has 1 aromatic rings. The number of carbonyl (C=O) groups is 1. The van der Waals surface area contributed by atoms with Crippen LogP contribution in [0.3, 0.4) is 0 Å². The van der Waals surface area contributed by atoms with E-state index in [0.717, 1.165) is 24.9 Å². The Hall–Kier alpha value is -1.35. The maximum absolute atomic E-state index is 11.7. The number of rotatable bonds is 8. The van der Waals surface area contributed by atoms with Gasteiger partial charge in [0.15, 0.2) is 0 Å². The minimum atomic E-state index is 0.0530. The molecule has 20 heavy (non-hydrogen) atoms. The summed E-state index contributed by atoms with van der Waals surface area (Å²) < 4.78 is 0. The second-order valence-electron chi connectivity index (χ2n) is 5.81. The van der Waals surface area contributed by atoms with Gasteiger partial charge in [-0.25, -0.2) is 0 Å². The van der Waals surface area contributed by atoms with Crippen LogP contribution in [0.2, 0.25) is 0 Å². The third kappa shape index (κ3) is 6.20. The summed E-state index contributed by atoms with van der Waals surface area (Å²) in [6.07, 6.45) is 2.14. The monoisotopic (exact) mass is 276 g/mol. The first-order valence-electron chi connectivity index (χ1n) is 7.61. The number of hydrogen-bond acceptors (Lipinski definition) is 2. The summed E-state index contributed by atoms with van der Waals surface area (Å²) in [5, 5.41) is 6.12. The van der Waals surface area contributed by atoms with Crippen molar-refractivity contribution in [1.29, 1.82) is 0 Å². The lowest BCUT2D eigenvalue weighted by molar-refractivity contribution is -0.120. The summed E-state index contributed by atoms with van der Waals surface area (Å²) in [4.78, 5) is 11.7. The topological polar surface area (TPSA) is 41.1 Å². The van der Waals surface area contributed by atoms with Crippen LogP contribution in [0.1, 0.15) is 51.3 Å². The van der Waals surface area contributed by atoms with E-state index in [0.29, 0.717) is 12.5 Å². The SMILES string of the molecule is CCCNCC(=O)NC(C)c1ccc(CC(C)C)cc1. The smallest absolute Gasteiger partial charge is 0.234 e. The minimum absolute atomic E-state index is 0.0530. The molecule has 0 aromatic heterocycles. The van der Waals surface area contributed by atoms with E-state index >= 15 is 0 Å².